The Bertz CT molecular complexity index is 796. The summed E-state index contributed by atoms with van der Waals surface area (Å²) in [6, 6.07) is 12.8. The number of nitrogens with one attached hydrogen (secondary N) is 1. The maximum atomic E-state index is 13.1. The van der Waals surface area contributed by atoms with Gasteiger partial charge in [0.15, 0.2) is 8.38 Å². The lowest BCUT2D eigenvalue weighted by Gasteiger charge is -2.15. The highest BCUT2D eigenvalue weighted by molar-refractivity contribution is 7.46. The van der Waals surface area contributed by atoms with Crippen LogP contribution >= 0.6 is 8.38 Å². The lowest BCUT2D eigenvalue weighted by Crippen LogP contribution is -1.93. The van der Waals surface area contributed by atoms with Crippen LogP contribution in [0.3, 0.4) is 0 Å². The van der Waals surface area contributed by atoms with Crippen LogP contribution in [0.25, 0.3) is 22.0 Å². The molecule has 28 heavy (non-hydrogen) atoms. The predicted molar refractivity (Wildman–Crippen MR) is 120 cm³/mol. The largest absolute Gasteiger partial charge is 0.361 e. The molecule has 3 nitrogen and oxygen atoms in total. The molecule has 3 aromatic rings. The van der Waals surface area contributed by atoms with Crippen LogP contribution < -0.4 is 0 Å². The van der Waals surface area contributed by atoms with Gasteiger partial charge in [0.1, 0.15) is 5.82 Å². The van der Waals surface area contributed by atoms with Crippen molar-refractivity contribution in [2.45, 2.75) is 47.7 Å². The van der Waals surface area contributed by atoms with Gasteiger partial charge in [0.05, 0.1) is 13.2 Å². The van der Waals surface area contributed by atoms with E-state index in [0.29, 0.717) is 13.2 Å². The van der Waals surface area contributed by atoms with Gasteiger partial charge in [-0.05, 0) is 54.8 Å². The van der Waals surface area contributed by atoms with E-state index in [1.165, 1.54) is 17.7 Å². The molecule has 0 saturated heterocycles. The summed E-state index contributed by atoms with van der Waals surface area (Å²) in [5, 5.41) is 1.16. The molecule has 0 atom stereocenters. The fraction of sp³-hybridized carbons (Fsp3) is 0.391. The van der Waals surface area contributed by atoms with Crippen LogP contribution in [0.2, 0.25) is 0 Å². The molecule has 1 aromatic heterocycles. The third kappa shape index (κ3) is 6.70. The number of halogens is 1. The van der Waals surface area contributed by atoms with Gasteiger partial charge >= 0.3 is 0 Å². The lowest BCUT2D eigenvalue weighted by molar-refractivity contribution is 0.268. The molecule has 0 fully saturated rings. The normalized spacial score (nSPS) is 10.3. The van der Waals surface area contributed by atoms with Crippen molar-refractivity contribution in [2.24, 2.45) is 0 Å². The smallest absolute Gasteiger partial charge is 0.175 e. The molecule has 0 unspecified atom stereocenters. The first-order valence-electron chi connectivity index (χ1n) is 10.1. The van der Waals surface area contributed by atoms with E-state index in [1.54, 1.807) is 12.1 Å². The standard InChI is InChI=1S/C19H21FNO2P.2C2H6/c1-3-22-24(23-4-2)13-16-12-21-19-10-7-15(11-18(16)19)14-5-8-17(20)9-6-14;2*1-2/h5-12,21H,3-4,13H2,1-2H3;2*1-2H3. The Labute approximate surface area is 170 Å². The molecular formula is C23H33FNO2P. The number of H-pyrrole nitrogens is 1. The van der Waals surface area contributed by atoms with Gasteiger partial charge in [-0.3, -0.25) is 0 Å². The lowest BCUT2D eigenvalue weighted by atomic mass is 10.0. The Balaban J connectivity index is 0.000000921. The molecule has 5 heteroatoms. The van der Waals surface area contributed by atoms with Crippen molar-refractivity contribution in [1.82, 2.24) is 4.98 Å². The first-order chi connectivity index (χ1) is 13.7. The molecule has 0 amide bonds. The quantitative estimate of drug-likeness (QED) is 0.405. The topological polar surface area (TPSA) is 34.2 Å². The summed E-state index contributed by atoms with van der Waals surface area (Å²) in [6.07, 6.45) is 2.77. The number of aromatic amines is 1. The number of rotatable bonds is 7. The molecule has 0 aliphatic rings. The van der Waals surface area contributed by atoms with E-state index in [2.05, 4.69) is 17.1 Å². The average Bonchev–Trinajstić information content (AvgIpc) is 3.14. The molecule has 154 valence electrons. The van der Waals surface area contributed by atoms with E-state index in [-0.39, 0.29) is 5.82 Å². The van der Waals surface area contributed by atoms with E-state index >= 15 is 0 Å². The first-order valence-corrected chi connectivity index (χ1v) is 11.5. The van der Waals surface area contributed by atoms with Crippen molar-refractivity contribution < 1.29 is 13.4 Å². The maximum absolute atomic E-state index is 13.1. The van der Waals surface area contributed by atoms with Gasteiger partial charge in [-0.2, -0.15) is 0 Å². The molecule has 3 rings (SSSR count). The molecule has 1 N–H and O–H groups in total. The number of hydrogen-bond acceptors (Lipinski definition) is 2. The monoisotopic (exact) mass is 405 g/mol. The van der Waals surface area contributed by atoms with E-state index in [1.807, 2.05) is 53.8 Å². The van der Waals surface area contributed by atoms with Crippen molar-refractivity contribution in [3.05, 3.63) is 60.0 Å². The van der Waals surface area contributed by atoms with Crippen molar-refractivity contribution in [2.75, 3.05) is 13.2 Å². The molecule has 0 saturated carbocycles. The van der Waals surface area contributed by atoms with E-state index < -0.39 is 8.38 Å². The summed E-state index contributed by atoms with van der Waals surface area (Å²) in [4.78, 5) is 3.30. The van der Waals surface area contributed by atoms with Crippen LogP contribution in [0.15, 0.2) is 48.7 Å². The minimum atomic E-state index is -0.922. The van der Waals surface area contributed by atoms with E-state index in [0.717, 1.165) is 28.2 Å². The summed E-state index contributed by atoms with van der Waals surface area (Å²) in [5.41, 5.74) is 4.34. The Kier molecular flexibility index (Phi) is 11.7. The second kappa shape index (κ2) is 13.4. The Morgan fingerprint density at radius 1 is 0.857 bits per heavy atom. The van der Waals surface area contributed by atoms with E-state index in [9.17, 15) is 4.39 Å². The van der Waals surface area contributed by atoms with Crippen LogP contribution in [-0.2, 0) is 15.2 Å². The second-order valence-corrected chi connectivity index (χ2v) is 6.91. The molecule has 1 heterocycles. The third-order valence-electron chi connectivity index (χ3n) is 3.79. The van der Waals surface area contributed by atoms with Crippen LogP contribution in [0, 0.1) is 5.82 Å². The highest BCUT2D eigenvalue weighted by Crippen LogP contribution is 2.43. The van der Waals surface area contributed by atoms with Gasteiger partial charge in [0, 0.05) is 23.3 Å². The zero-order valence-corrected chi connectivity index (χ0v) is 18.8. The highest BCUT2D eigenvalue weighted by atomic mass is 31.2. The molecule has 0 radical (unpaired) electrons. The summed E-state index contributed by atoms with van der Waals surface area (Å²) >= 11 is 0. The van der Waals surface area contributed by atoms with Crippen molar-refractivity contribution in [1.29, 1.82) is 0 Å². The summed E-state index contributed by atoms with van der Waals surface area (Å²) < 4.78 is 24.6. The van der Waals surface area contributed by atoms with E-state index in [4.69, 9.17) is 9.05 Å². The predicted octanol–water partition coefficient (Wildman–Crippen LogP) is 7.91. The zero-order valence-electron chi connectivity index (χ0n) is 17.9. The van der Waals surface area contributed by atoms with Gasteiger partial charge < -0.3 is 14.0 Å². The fourth-order valence-electron chi connectivity index (χ4n) is 2.69. The minimum Gasteiger partial charge on any atom is -0.361 e. The molecule has 0 spiro atoms. The van der Waals surface area contributed by atoms with Crippen LogP contribution in [0.4, 0.5) is 4.39 Å². The number of aromatic nitrogens is 1. The molecule has 0 bridgehead atoms. The van der Waals surface area contributed by atoms with Gasteiger partial charge in [-0.15, -0.1) is 0 Å². The number of fused-ring (bicyclic) bond motifs is 1. The van der Waals surface area contributed by atoms with Gasteiger partial charge in [-0.25, -0.2) is 4.39 Å². The minimum absolute atomic E-state index is 0.221. The summed E-state index contributed by atoms with van der Waals surface area (Å²) in [5.74, 6) is -0.221. The van der Waals surface area contributed by atoms with Crippen molar-refractivity contribution >= 4 is 19.3 Å². The Morgan fingerprint density at radius 2 is 1.43 bits per heavy atom. The molecule has 0 aliphatic carbocycles. The average molecular weight is 405 g/mol. The number of benzene rings is 2. The summed E-state index contributed by atoms with van der Waals surface area (Å²) in [6.45, 7) is 13.3. The van der Waals surface area contributed by atoms with Crippen LogP contribution in [0.1, 0.15) is 47.1 Å². The van der Waals surface area contributed by atoms with Gasteiger partial charge in [-0.1, -0.05) is 45.9 Å². The SMILES string of the molecule is CC.CC.CCOP(Cc1c[nH]c2ccc(-c3ccc(F)cc3)cc12)OCC. The maximum Gasteiger partial charge on any atom is 0.175 e. The van der Waals surface area contributed by atoms with Gasteiger partial charge in [0.25, 0.3) is 0 Å². The Morgan fingerprint density at radius 3 is 2.00 bits per heavy atom. The molecule has 0 aliphatic heterocycles. The summed E-state index contributed by atoms with van der Waals surface area (Å²) in [7, 11) is -0.922. The molecular weight excluding hydrogens is 372 g/mol. The Hall–Kier alpha value is -1.74. The first kappa shape index (κ1) is 24.3. The van der Waals surface area contributed by atoms with Crippen molar-refractivity contribution in [3.8, 4) is 11.1 Å². The van der Waals surface area contributed by atoms with Crippen molar-refractivity contribution in [3.63, 3.8) is 0 Å². The zero-order chi connectivity index (χ0) is 20.9. The van der Waals surface area contributed by atoms with Crippen LogP contribution in [-0.4, -0.2) is 18.2 Å². The molecule has 2 aromatic carbocycles. The third-order valence-corrected chi connectivity index (χ3v) is 5.48. The number of hydrogen-bond donors (Lipinski definition) is 1. The van der Waals surface area contributed by atoms with Gasteiger partial charge in [0.2, 0.25) is 0 Å². The van der Waals surface area contributed by atoms with Crippen LogP contribution in [0.5, 0.6) is 0 Å². The second-order valence-electron chi connectivity index (χ2n) is 5.41. The fourth-order valence-corrected chi connectivity index (χ4v) is 4.06. The highest BCUT2D eigenvalue weighted by Gasteiger charge is 2.14.